The van der Waals surface area contributed by atoms with Gasteiger partial charge in [-0.25, -0.2) is 4.39 Å². The van der Waals surface area contributed by atoms with Crippen molar-refractivity contribution >= 4 is 11.4 Å². The van der Waals surface area contributed by atoms with E-state index in [1.807, 2.05) is 0 Å². The summed E-state index contributed by atoms with van der Waals surface area (Å²) in [4.78, 5) is 10.1. The number of ether oxygens (including phenoxy) is 1. The summed E-state index contributed by atoms with van der Waals surface area (Å²) in [6, 6.07) is 2.23. The Balaban J connectivity index is 2.04. The molecule has 0 spiro atoms. The number of methoxy groups -OCH3 is 1. The van der Waals surface area contributed by atoms with Gasteiger partial charge in [0.15, 0.2) is 11.6 Å². The van der Waals surface area contributed by atoms with Crippen LogP contribution in [0.4, 0.5) is 15.8 Å². The molecular weight excluding hydrogens is 251 g/mol. The van der Waals surface area contributed by atoms with Crippen LogP contribution in [0.15, 0.2) is 12.1 Å². The fraction of sp³-hybridized carbons (Fsp3) is 0.538. The van der Waals surface area contributed by atoms with Gasteiger partial charge in [-0.2, -0.15) is 0 Å². The van der Waals surface area contributed by atoms with E-state index >= 15 is 0 Å². The average molecular weight is 268 g/mol. The highest BCUT2D eigenvalue weighted by molar-refractivity contribution is 5.59. The minimum atomic E-state index is -0.653. The smallest absolute Gasteiger partial charge is 0.313 e. The molecule has 6 heteroatoms. The van der Waals surface area contributed by atoms with E-state index in [9.17, 15) is 14.5 Å². The molecule has 1 aromatic rings. The number of nitro groups is 1. The molecule has 1 aliphatic carbocycles. The SMILES string of the molecule is COc1cc(NCCC2CCC2)c(F)cc1[N+](=O)[O-]. The summed E-state index contributed by atoms with van der Waals surface area (Å²) in [5.41, 5.74) is -0.105. The van der Waals surface area contributed by atoms with Gasteiger partial charge in [0.25, 0.3) is 0 Å². The predicted molar refractivity (Wildman–Crippen MR) is 70.1 cm³/mol. The van der Waals surface area contributed by atoms with Gasteiger partial charge in [-0.15, -0.1) is 0 Å². The summed E-state index contributed by atoms with van der Waals surface area (Å²) in [6.45, 7) is 0.669. The first-order valence-corrected chi connectivity index (χ1v) is 6.37. The van der Waals surface area contributed by atoms with Crippen molar-refractivity contribution in [2.75, 3.05) is 19.0 Å². The van der Waals surface area contributed by atoms with E-state index in [1.54, 1.807) is 0 Å². The molecule has 2 rings (SSSR count). The zero-order valence-electron chi connectivity index (χ0n) is 10.8. The summed E-state index contributed by atoms with van der Waals surface area (Å²) < 4.78 is 18.6. The summed E-state index contributed by atoms with van der Waals surface area (Å²) in [6.07, 6.45) is 4.77. The van der Waals surface area contributed by atoms with Gasteiger partial charge in [-0.1, -0.05) is 19.3 Å². The van der Waals surface area contributed by atoms with E-state index in [-0.39, 0.29) is 17.1 Å². The van der Waals surface area contributed by atoms with E-state index in [2.05, 4.69) is 5.32 Å². The highest BCUT2D eigenvalue weighted by Crippen LogP contribution is 2.33. The molecule has 1 aliphatic rings. The second-order valence-electron chi connectivity index (χ2n) is 4.77. The largest absolute Gasteiger partial charge is 0.490 e. The Morgan fingerprint density at radius 2 is 2.26 bits per heavy atom. The van der Waals surface area contributed by atoms with Crippen LogP contribution in [-0.2, 0) is 0 Å². The lowest BCUT2D eigenvalue weighted by Gasteiger charge is -2.25. The van der Waals surface area contributed by atoms with Gasteiger partial charge in [-0.05, 0) is 12.3 Å². The summed E-state index contributed by atoms with van der Waals surface area (Å²) in [7, 11) is 1.33. The second-order valence-corrected chi connectivity index (χ2v) is 4.77. The number of anilines is 1. The first-order chi connectivity index (χ1) is 9.11. The van der Waals surface area contributed by atoms with Crippen molar-refractivity contribution in [1.29, 1.82) is 0 Å². The standard InChI is InChI=1S/C13H17FN2O3/c1-19-13-8-11(10(14)7-12(13)16(17)18)15-6-5-9-3-2-4-9/h7-9,15H,2-6H2,1H3. The molecule has 1 aromatic carbocycles. The Morgan fingerprint density at radius 1 is 1.53 bits per heavy atom. The number of hydrogen-bond donors (Lipinski definition) is 1. The van der Waals surface area contributed by atoms with E-state index < -0.39 is 10.7 Å². The van der Waals surface area contributed by atoms with Crippen molar-refractivity contribution in [3.8, 4) is 5.75 Å². The molecule has 5 nitrogen and oxygen atoms in total. The lowest BCUT2D eigenvalue weighted by molar-refractivity contribution is -0.385. The third-order valence-electron chi connectivity index (χ3n) is 3.56. The predicted octanol–water partition coefficient (Wildman–Crippen LogP) is 3.34. The molecular formula is C13H17FN2O3. The van der Waals surface area contributed by atoms with Gasteiger partial charge in [0.2, 0.25) is 0 Å². The number of nitro benzene ring substituents is 1. The van der Waals surface area contributed by atoms with Gasteiger partial charge >= 0.3 is 5.69 Å². The highest BCUT2D eigenvalue weighted by atomic mass is 19.1. The van der Waals surface area contributed by atoms with Crippen LogP contribution in [0.1, 0.15) is 25.7 Å². The van der Waals surface area contributed by atoms with Gasteiger partial charge < -0.3 is 10.1 Å². The van der Waals surface area contributed by atoms with Crippen molar-refractivity contribution < 1.29 is 14.1 Å². The number of nitrogens with one attached hydrogen (secondary N) is 1. The minimum absolute atomic E-state index is 0.0672. The molecule has 0 unspecified atom stereocenters. The number of halogens is 1. The zero-order valence-corrected chi connectivity index (χ0v) is 10.8. The van der Waals surface area contributed by atoms with Gasteiger partial charge in [0.1, 0.15) is 0 Å². The number of hydrogen-bond acceptors (Lipinski definition) is 4. The molecule has 0 heterocycles. The van der Waals surface area contributed by atoms with Gasteiger partial charge in [0.05, 0.1) is 23.8 Å². The highest BCUT2D eigenvalue weighted by Gasteiger charge is 2.20. The monoisotopic (exact) mass is 268 g/mol. The fourth-order valence-corrected chi connectivity index (χ4v) is 2.18. The van der Waals surface area contributed by atoms with Crippen molar-refractivity contribution in [1.82, 2.24) is 0 Å². The average Bonchev–Trinajstić information content (AvgIpc) is 2.33. The van der Waals surface area contributed by atoms with Crippen LogP contribution in [-0.4, -0.2) is 18.6 Å². The summed E-state index contributed by atoms with van der Waals surface area (Å²) in [5, 5.41) is 13.7. The molecule has 0 atom stereocenters. The molecule has 104 valence electrons. The maximum atomic E-state index is 13.7. The van der Waals surface area contributed by atoms with Crippen LogP contribution in [0.25, 0.3) is 0 Å². The van der Waals surface area contributed by atoms with Crippen LogP contribution >= 0.6 is 0 Å². The molecule has 0 radical (unpaired) electrons. The second kappa shape index (κ2) is 5.86. The Hall–Kier alpha value is -1.85. The first-order valence-electron chi connectivity index (χ1n) is 6.37. The Morgan fingerprint density at radius 3 is 2.79 bits per heavy atom. The van der Waals surface area contributed by atoms with Crippen molar-refractivity contribution in [2.45, 2.75) is 25.7 Å². The van der Waals surface area contributed by atoms with Crippen LogP contribution in [0, 0.1) is 21.8 Å². The number of rotatable bonds is 6. The maximum absolute atomic E-state index is 13.7. The van der Waals surface area contributed by atoms with Crippen LogP contribution in [0.5, 0.6) is 5.75 Å². The molecule has 0 saturated heterocycles. The zero-order chi connectivity index (χ0) is 13.8. The Kier molecular flexibility index (Phi) is 4.19. The molecule has 1 saturated carbocycles. The summed E-state index contributed by atoms with van der Waals surface area (Å²) in [5.74, 6) is 0.175. The maximum Gasteiger partial charge on any atom is 0.313 e. The van der Waals surface area contributed by atoms with E-state index in [0.29, 0.717) is 6.54 Å². The molecule has 0 aliphatic heterocycles. The Labute approximate surface area is 110 Å². The topological polar surface area (TPSA) is 64.4 Å². The van der Waals surface area contributed by atoms with Gasteiger partial charge in [0, 0.05) is 12.6 Å². The van der Waals surface area contributed by atoms with Gasteiger partial charge in [-0.3, -0.25) is 10.1 Å². The van der Waals surface area contributed by atoms with Crippen molar-refractivity contribution in [3.05, 3.63) is 28.1 Å². The minimum Gasteiger partial charge on any atom is -0.490 e. The van der Waals surface area contributed by atoms with Crippen LogP contribution < -0.4 is 10.1 Å². The van der Waals surface area contributed by atoms with E-state index in [0.717, 1.165) is 18.4 Å². The molecule has 0 aromatic heterocycles. The molecule has 0 amide bonds. The van der Waals surface area contributed by atoms with Crippen LogP contribution in [0.2, 0.25) is 0 Å². The quantitative estimate of drug-likeness (QED) is 0.634. The normalized spacial score (nSPS) is 14.8. The third-order valence-corrected chi connectivity index (χ3v) is 3.56. The lowest BCUT2D eigenvalue weighted by atomic mass is 9.83. The first kappa shape index (κ1) is 13.6. The van der Waals surface area contributed by atoms with E-state index in [4.69, 9.17) is 4.74 Å². The molecule has 19 heavy (non-hydrogen) atoms. The molecule has 1 N–H and O–H groups in total. The van der Waals surface area contributed by atoms with E-state index in [1.165, 1.54) is 32.4 Å². The summed E-state index contributed by atoms with van der Waals surface area (Å²) >= 11 is 0. The molecule has 1 fully saturated rings. The fourth-order valence-electron chi connectivity index (χ4n) is 2.18. The molecule has 0 bridgehead atoms. The van der Waals surface area contributed by atoms with Crippen LogP contribution in [0.3, 0.4) is 0 Å². The number of benzene rings is 1. The Bertz CT molecular complexity index is 475. The number of nitrogens with zero attached hydrogens (tertiary/aromatic N) is 1. The third kappa shape index (κ3) is 3.13. The lowest BCUT2D eigenvalue weighted by Crippen LogP contribution is -2.16. The van der Waals surface area contributed by atoms with Crippen molar-refractivity contribution in [3.63, 3.8) is 0 Å². The van der Waals surface area contributed by atoms with Crippen molar-refractivity contribution in [2.24, 2.45) is 5.92 Å².